The number of nitrogens with two attached hydrogens (primary N) is 1. The number of halogens is 5. The number of hydrogen-bond donors (Lipinski definition) is 2. The number of carbonyl (C=O) groups excluding carboxylic acids is 1. The molecule has 3 N–H and O–H groups in total. The van der Waals surface area contributed by atoms with Crippen LogP contribution in [0.3, 0.4) is 0 Å². The molecule has 2 aromatic heterocycles. The quantitative estimate of drug-likeness (QED) is 0.480. The molecule has 0 radical (unpaired) electrons. The molecule has 0 saturated heterocycles. The van der Waals surface area contributed by atoms with Crippen LogP contribution in [0, 0.1) is 17.6 Å². The van der Waals surface area contributed by atoms with Gasteiger partial charge in [-0.25, -0.2) is 13.8 Å². The number of pyridine rings is 1. The van der Waals surface area contributed by atoms with E-state index in [4.69, 9.17) is 5.73 Å². The molecular weight excluding hydrogens is 437 g/mol. The molecule has 3 aromatic rings. The summed E-state index contributed by atoms with van der Waals surface area (Å²) in [6.07, 6.45) is -2.46. The zero-order valence-corrected chi connectivity index (χ0v) is 17.2. The standard InChI is InChI=1S/C21H18F5N3OS/c1-2-9-3-6-14-11(7-9)16(21(24,25)26)15-17(27)18(31-20(15)29-14)19(30)28-10-4-5-12(22)13(23)8-10/h4-5,8-9H,2-3,6-7,27H2,1H3,(H,28,30). The molecule has 0 spiro atoms. The van der Waals surface area contributed by atoms with Gasteiger partial charge in [0.1, 0.15) is 9.71 Å². The van der Waals surface area contributed by atoms with Crippen molar-refractivity contribution in [1.29, 1.82) is 0 Å². The predicted octanol–water partition coefficient (Wildman–Crippen LogP) is 5.94. The summed E-state index contributed by atoms with van der Waals surface area (Å²) in [5, 5.41) is 2.07. The molecule has 2 heterocycles. The number of rotatable bonds is 3. The summed E-state index contributed by atoms with van der Waals surface area (Å²) in [7, 11) is 0. The molecule has 4 nitrogen and oxygen atoms in total. The number of nitrogen functional groups attached to an aromatic ring is 1. The summed E-state index contributed by atoms with van der Waals surface area (Å²) >= 11 is 0.752. The monoisotopic (exact) mass is 455 g/mol. The maximum atomic E-state index is 14.1. The zero-order valence-electron chi connectivity index (χ0n) is 16.4. The molecule has 1 unspecified atom stereocenters. The highest BCUT2D eigenvalue weighted by molar-refractivity contribution is 7.21. The van der Waals surface area contributed by atoms with E-state index in [0.29, 0.717) is 12.1 Å². The molecule has 0 saturated carbocycles. The third-order valence-electron chi connectivity index (χ3n) is 5.59. The lowest BCUT2D eigenvalue weighted by atomic mass is 9.82. The topological polar surface area (TPSA) is 68.0 Å². The summed E-state index contributed by atoms with van der Waals surface area (Å²) in [5.41, 5.74) is 5.36. The van der Waals surface area contributed by atoms with Gasteiger partial charge in [-0.15, -0.1) is 11.3 Å². The van der Waals surface area contributed by atoms with Gasteiger partial charge < -0.3 is 11.1 Å². The van der Waals surface area contributed by atoms with Crippen LogP contribution in [-0.2, 0) is 19.0 Å². The number of nitrogens with one attached hydrogen (secondary N) is 1. The maximum Gasteiger partial charge on any atom is 0.417 e. The number of fused-ring (bicyclic) bond motifs is 2. The number of aryl methyl sites for hydroxylation is 1. The van der Waals surface area contributed by atoms with Crippen LogP contribution in [0.5, 0.6) is 0 Å². The summed E-state index contributed by atoms with van der Waals surface area (Å²) < 4.78 is 68.8. The number of carbonyl (C=O) groups is 1. The first kappa shape index (κ1) is 21.5. The van der Waals surface area contributed by atoms with Crippen molar-refractivity contribution in [2.24, 2.45) is 5.92 Å². The molecular formula is C21H18F5N3OS. The fourth-order valence-corrected chi connectivity index (χ4v) is 5.01. The Hall–Kier alpha value is -2.75. The highest BCUT2D eigenvalue weighted by Crippen LogP contribution is 2.46. The van der Waals surface area contributed by atoms with E-state index in [1.54, 1.807) is 0 Å². The number of anilines is 2. The van der Waals surface area contributed by atoms with Crippen LogP contribution in [0.4, 0.5) is 33.3 Å². The number of benzene rings is 1. The van der Waals surface area contributed by atoms with E-state index in [2.05, 4.69) is 10.3 Å². The molecule has 1 atom stereocenters. The Morgan fingerprint density at radius 1 is 1.29 bits per heavy atom. The first-order chi connectivity index (χ1) is 14.6. The van der Waals surface area contributed by atoms with Crippen molar-refractivity contribution in [2.75, 3.05) is 11.1 Å². The molecule has 1 aromatic carbocycles. The predicted molar refractivity (Wildman–Crippen MR) is 109 cm³/mol. The number of alkyl halides is 3. The molecule has 10 heteroatoms. The van der Waals surface area contributed by atoms with E-state index < -0.39 is 29.3 Å². The van der Waals surface area contributed by atoms with Crippen molar-refractivity contribution in [1.82, 2.24) is 4.98 Å². The molecule has 1 aliphatic carbocycles. The van der Waals surface area contributed by atoms with Crippen molar-refractivity contribution in [3.8, 4) is 0 Å². The molecule has 31 heavy (non-hydrogen) atoms. The van der Waals surface area contributed by atoms with Gasteiger partial charge >= 0.3 is 6.18 Å². The lowest BCUT2D eigenvalue weighted by molar-refractivity contribution is -0.137. The van der Waals surface area contributed by atoms with Crippen LogP contribution in [-0.4, -0.2) is 10.9 Å². The summed E-state index contributed by atoms with van der Waals surface area (Å²) in [5.74, 6) is -2.94. The second-order valence-corrected chi connectivity index (χ2v) is 8.53. The summed E-state index contributed by atoms with van der Waals surface area (Å²) in [6, 6.07) is 2.75. The van der Waals surface area contributed by atoms with Crippen molar-refractivity contribution in [3.63, 3.8) is 0 Å². The van der Waals surface area contributed by atoms with Gasteiger partial charge in [-0.05, 0) is 42.9 Å². The third-order valence-corrected chi connectivity index (χ3v) is 6.69. The van der Waals surface area contributed by atoms with Crippen molar-refractivity contribution in [2.45, 2.75) is 38.8 Å². The number of aromatic nitrogens is 1. The van der Waals surface area contributed by atoms with Gasteiger partial charge in [-0.1, -0.05) is 13.3 Å². The minimum Gasteiger partial charge on any atom is -0.397 e. The Morgan fingerprint density at radius 3 is 2.68 bits per heavy atom. The van der Waals surface area contributed by atoms with E-state index in [-0.39, 0.29) is 44.4 Å². The molecule has 4 rings (SSSR count). The second-order valence-electron chi connectivity index (χ2n) is 7.53. The van der Waals surface area contributed by atoms with E-state index in [0.717, 1.165) is 42.4 Å². The zero-order chi connectivity index (χ0) is 22.5. The SMILES string of the molecule is CCC1CCc2nc3sc(C(=O)Nc4ccc(F)c(F)c4)c(N)c3c(C(F)(F)F)c2C1. The van der Waals surface area contributed by atoms with Crippen LogP contribution in [0.1, 0.15) is 46.3 Å². The van der Waals surface area contributed by atoms with Gasteiger partial charge in [-0.3, -0.25) is 4.79 Å². The molecule has 164 valence electrons. The van der Waals surface area contributed by atoms with Crippen LogP contribution in [0.25, 0.3) is 10.2 Å². The van der Waals surface area contributed by atoms with Gasteiger partial charge in [0.05, 0.1) is 11.3 Å². The van der Waals surface area contributed by atoms with Crippen LogP contribution >= 0.6 is 11.3 Å². The summed E-state index contributed by atoms with van der Waals surface area (Å²) in [6.45, 7) is 1.94. The molecule has 1 amide bonds. The lowest BCUT2D eigenvalue weighted by Gasteiger charge is -2.26. The van der Waals surface area contributed by atoms with Gasteiger partial charge in [0, 0.05) is 22.8 Å². The smallest absolute Gasteiger partial charge is 0.397 e. The first-order valence-corrected chi connectivity index (χ1v) is 10.5. The fourth-order valence-electron chi connectivity index (χ4n) is 3.99. The van der Waals surface area contributed by atoms with Crippen molar-refractivity contribution in [3.05, 3.63) is 51.5 Å². The van der Waals surface area contributed by atoms with Crippen molar-refractivity contribution < 1.29 is 26.7 Å². The van der Waals surface area contributed by atoms with Crippen LogP contribution in [0.2, 0.25) is 0 Å². The molecule has 0 aliphatic heterocycles. The summed E-state index contributed by atoms with van der Waals surface area (Å²) in [4.78, 5) is 17.0. The lowest BCUT2D eigenvalue weighted by Crippen LogP contribution is -2.21. The fraction of sp³-hybridized carbons (Fsp3) is 0.333. The maximum absolute atomic E-state index is 14.1. The molecule has 1 aliphatic rings. The van der Waals surface area contributed by atoms with E-state index in [9.17, 15) is 26.7 Å². The van der Waals surface area contributed by atoms with Gasteiger partial charge in [-0.2, -0.15) is 13.2 Å². The van der Waals surface area contributed by atoms with Gasteiger partial charge in [0.2, 0.25) is 0 Å². The van der Waals surface area contributed by atoms with E-state index >= 15 is 0 Å². The molecule has 0 bridgehead atoms. The minimum absolute atomic E-state index is 0.0361. The second kappa shape index (κ2) is 7.74. The number of nitrogens with zero attached hydrogens (tertiary/aromatic N) is 1. The minimum atomic E-state index is -4.66. The Balaban J connectivity index is 1.83. The Labute approximate surface area is 178 Å². The first-order valence-electron chi connectivity index (χ1n) is 9.67. The van der Waals surface area contributed by atoms with Crippen LogP contribution in [0.15, 0.2) is 18.2 Å². The van der Waals surface area contributed by atoms with Gasteiger partial charge in [0.25, 0.3) is 5.91 Å². The molecule has 0 fully saturated rings. The Kier molecular flexibility index (Phi) is 5.36. The number of thiophene rings is 1. The van der Waals surface area contributed by atoms with E-state index in [1.165, 1.54) is 0 Å². The van der Waals surface area contributed by atoms with Crippen LogP contribution < -0.4 is 11.1 Å². The normalized spacial score (nSPS) is 16.4. The van der Waals surface area contributed by atoms with Gasteiger partial charge in [0.15, 0.2) is 11.6 Å². The highest BCUT2D eigenvalue weighted by atomic mass is 32.1. The Bertz CT molecular complexity index is 1190. The highest BCUT2D eigenvalue weighted by Gasteiger charge is 2.40. The number of amides is 1. The largest absolute Gasteiger partial charge is 0.417 e. The third kappa shape index (κ3) is 3.84. The average Bonchev–Trinajstić information content (AvgIpc) is 3.03. The number of hydrogen-bond acceptors (Lipinski definition) is 4. The van der Waals surface area contributed by atoms with E-state index in [1.807, 2.05) is 6.92 Å². The van der Waals surface area contributed by atoms with Crippen molar-refractivity contribution >= 4 is 38.8 Å². The Morgan fingerprint density at radius 2 is 2.03 bits per heavy atom. The average molecular weight is 455 g/mol.